The highest BCUT2D eigenvalue weighted by molar-refractivity contribution is 6.02. The van der Waals surface area contributed by atoms with Crippen molar-refractivity contribution in [2.45, 2.75) is 77.6 Å². The lowest BCUT2D eigenvalue weighted by Crippen LogP contribution is -2.18. The number of aryl methyl sites for hydroxylation is 2. The highest BCUT2D eigenvalue weighted by atomic mass is 16.1. The summed E-state index contributed by atoms with van der Waals surface area (Å²) in [6, 6.07) is 21.5. The molecule has 0 saturated heterocycles. The fraction of sp³-hybridized carbons (Fsp3) is 0.394. The maximum atomic E-state index is 12.4. The van der Waals surface area contributed by atoms with Crippen molar-refractivity contribution < 1.29 is 4.79 Å². The Bertz CT molecular complexity index is 1140. The first-order valence-corrected chi connectivity index (χ1v) is 13.3. The fourth-order valence-corrected chi connectivity index (χ4v) is 5.49. The van der Waals surface area contributed by atoms with Crippen molar-refractivity contribution in [2.24, 2.45) is 5.92 Å². The highest BCUT2D eigenvalue weighted by Gasteiger charge is 2.25. The third-order valence-corrected chi connectivity index (χ3v) is 7.60. The van der Waals surface area contributed by atoms with Gasteiger partial charge in [-0.1, -0.05) is 87.7 Å². The Morgan fingerprint density at radius 2 is 1.57 bits per heavy atom. The highest BCUT2D eigenvalue weighted by Crippen LogP contribution is 2.35. The molecule has 0 aliphatic heterocycles. The minimum Gasteiger partial charge on any atom is -0.294 e. The first-order chi connectivity index (χ1) is 17.0. The summed E-state index contributed by atoms with van der Waals surface area (Å²) in [5.41, 5.74) is 7.36. The Morgan fingerprint density at radius 1 is 0.886 bits per heavy atom. The molecule has 0 bridgehead atoms. The van der Waals surface area contributed by atoms with Gasteiger partial charge in [-0.25, -0.2) is 0 Å². The minimum absolute atomic E-state index is 0.0836. The van der Waals surface area contributed by atoms with Crippen LogP contribution in [0.5, 0.6) is 0 Å². The van der Waals surface area contributed by atoms with Gasteiger partial charge in [0, 0.05) is 11.9 Å². The average Bonchev–Trinajstić information content (AvgIpc) is 2.88. The van der Waals surface area contributed by atoms with E-state index in [9.17, 15) is 4.79 Å². The maximum absolute atomic E-state index is 12.4. The summed E-state index contributed by atoms with van der Waals surface area (Å²) in [4.78, 5) is 16.8. The number of allylic oxidation sites excluding steroid dienone is 1. The van der Waals surface area contributed by atoms with Crippen molar-refractivity contribution in [3.8, 4) is 0 Å². The van der Waals surface area contributed by atoms with Crippen LogP contribution in [-0.4, -0.2) is 10.8 Å². The number of nitrogens with zero attached hydrogens (tertiary/aromatic N) is 1. The Balaban J connectivity index is 0.000000189. The molecule has 3 aromatic rings. The van der Waals surface area contributed by atoms with E-state index in [1.165, 1.54) is 36.8 Å². The zero-order valence-corrected chi connectivity index (χ0v) is 21.5. The van der Waals surface area contributed by atoms with E-state index in [0.717, 1.165) is 47.9 Å². The smallest absolute Gasteiger partial charge is 0.163 e. The molecule has 182 valence electrons. The van der Waals surface area contributed by atoms with E-state index in [1.807, 2.05) is 19.2 Å². The molecule has 2 aliphatic rings. The average molecular weight is 466 g/mol. The van der Waals surface area contributed by atoms with E-state index < -0.39 is 0 Å². The predicted octanol–water partition coefficient (Wildman–Crippen LogP) is 8.25. The molecule has 0 radical (unpaired) electrons. The van der Waals surface area contributed by atoms with Crippen LogP contribution >= 0.6 is 0 Å². The van der Waals surface area contributed by atoms with Gasteiger partial charge in [0.15, 0.2) is 5.78 Å². The van der Waals surface area contributed by atoms with Crippen molar-refractivity contribution in [3.63, 3.8) is 0 Å². The summed E-state index contributed by atoms with van der Waals surface area (Å²) in [5, 5.41) is 0. The van der Waals surface area contributed by atoms with Crippen molar-refractivity contribution in [3.05, 3.63) is 106 Å². The molecule has 2 nitrogen and oxygen atoms in total. The monoisotopic (exact) mass is 465 g/mol. The molecule has 0 N–H and O–H groups in total. The van der Waals surface area contributed by atoms with E-state index in [1.54, 1.807) is 11.6 Å². The molecule has 2 heteroatoms. The molecular formula is C33H39NO. The van der Waals surface area contributed by atoms with Crippen LogP contribution in [0.3, 0.4) is 0 Å². The molecular weight excluding hydrogens is 426 g/mol. The third-order valence-electron chi connectivity index (χ3n) is 7.60. The number of hydrogen-bond acceptors (Lipinski definition) is 2. The molecule has 35 heavy (non-hydrogen) atoms. The largest absolute Gasteiger partial charge is 0.294 e. The van der Waals surface area contributed by atoms with Gasteiger partial charge in [0.25, 0.3) is 0 Å². The number of carbonyl (C=O) groups excluding carboxylic acids is 1. The summed E-state index contributed by atoms with van der Waals surface area (Å²) in [5.74, 6) is 1.92. The quantitative estimate of drug-likeness (QED) is 0.380. The van der Waals surface area contributed by atoms with Gasteiger partial charge in [-0.15, -0.1) is 0 Å². The number of hydrogen-bond donors (Lipinski definition) is 0. The van der Waals surface area contributed by atoms with E-state index in [-0.39, 0.29) is 11.7 Å². The fourth-order valence-electron chi connectivity index (χ4n) is 5.49. The summed E-state index contributed by atoms with van der Waals surface area (Å²) < 4.78 is 0. The van der Waals surface area contributed by atoms with Crippen molar-refractivity contribution in [1.82, 2.24) is 4.98 Å². The Morgan fingerprint density at radius 3 is 2.29 bits per heavy atom. The third kappa shape index (κ3) is 6.57. The molecule has 1 fully saturated rings. The van der Waals surface area contributed by atoms with Gasteiger partial charge in [-0.3, -0.25) is 9.78 Å². The molecule has 0 spiro atoms. The summed E-state index contributed by atoms with van der Waals surface area (Å²) in [6.45, 7) is 6.54. The molecule has 5 rings (SSSR count). The first-order valence-electron chi connectivity index (χ1n) is 13.3. The van der Waals surface area contributed by atoms with Gasteiger partial charge in [-0.2, -0.15) is 0 Å². The lowest BCUT2D eigenvalue weighted by Gasteiger charge is -2.26. The molecule has 1 saturated carbocycles. The minimum atomic E-state index is -0.0836. The second kappa shape index (κ2) is 12.1. The van der Waals surface area contributed by atoms with Crippen LogP contribution in [0.15, 0.2) is 72.9 Å². The number of aromatic nitrogens is 1. The second-order valence-corrected chi connectivity index (χ2v) is 10.3. The number of pyridine rings is 1. The molecule has 0 amide bonds. The first kappa shape index (κ1) is 25.1. The molecule has 1 heterocycles. The van der Waals surface area contributed by atoms with Crippen LogP contribution in [0.1, 0.15) is 91.3 Å². The van der Waals surface area contributed by atoms with E-state index >= 15 is 0 Å². The van der Waals surface area contributed by atoms with Gasteiger partial charge >= 0.3 is 0 Å². The Labute approximate surface area is 211 Å². The van der Waals surface area contributed by atoms with Crippen LogP contribution in [0, 0.1) is 12.8 Å². The zero-order chi connectivity index (χ0) is 24.6. The van der Waals surface area contributed by atoms with Crippen LogP contribution in [0.4, 0.5) is 0 Å². The Kier molecular flexibility index (Phi) is 8.69. The van der Waals surface area contributed by atoms with Crippen LogP contribution in [0.2, 0.25) is 0 Å². The standard InChI is InChI=1S/C20H21NO.C13H18/c1-3-6-15-7-4-5-8-16(15)12-19-18-11-14(2)21-13-17(18)9-10-20(19)22;1-11-7-9-13(10-8-11)12-5-3-2-4-6-12/h4-5,7-11,13,19H,3,6,12H2,1-2H3;2-6,11,13H,7-10H2,1H3. The normalized spacial score (nSPS) is 21.1. The summed E-state index contributed by atoms with van der Waals surface area (Å²) >= 11 is 0. The molecule has 2 aromatic carbocycles. The lowest BCUT2D eigenvalue weighted by molar-refractivity contribution is -0.116. The number of fused-ring (bicyclic) bond motifs is 1. The summed E-state index contributed by atoms with van der Waals surface area (Å²) in [6.07, 6.45) is 14.0. The van der Waals surface area contributed by atoms with Crippen LogP contribution < -0.4 is 0 Å². The molecule has 1 aromatic heterocycles. The van der Waals surface area contributed by atoms with Crippen molar-refractivity contribution >= 4 is 11.9 Å². The predicted molar refractivity (Wildman–Crippen MR) is 147 cm³/mol. The van der Waals surface area contributed by atoms with Gasteiger partial charge in [0.05, 0.1) is 5.92 Å². The SMILES string of the molecule is CC1CCC(c2ccccc2)CC1.CCCc1ccccc1CC1C(=O)C=Cc2cnc(C)cc21. The van der Waals surface area contributed by atoms with E-state index in [2.05, 4.69) is 79.5 Å². The number of rotatable bonds is 5. The number of ketones is 1. The van der Waals surface area contributed by atoms with E-state index in [4.69, 9.17) is 0 Å². The zero-order valence-electron chi connectivity index (χ0n) is 21.5. The molecule has 1 unspecified atom stereocenters. The number of carbonyl (C=O) groups is 1. The lowest BCUT2D eigenvalue weighted by atomic mass is 9.79. The maximum Gasteiger partial charge on any atom is 0.163 e. The number of benzene rings is 2. The van der Waals surface area contributed by atoms with Crippen molar-refractivity contribution in [2.75, 3.05) is 0 Å². The van der Waals surface area contributed by atoms with Crippen LogP contribution in [-0.2, 0) is 17.6 Å². The summed E-state index contributed by atoms with van der Waals surface area (Å²) in [7, 11) is 0. The second-order valence-electron chi connectivity index (χ2n) is 10.3. The van der Waals surface area contributed by atoms with E-state index in [0.29, 0.717) is 0 Å². The van der Waals surface area contributed by atoms with Gasteiger partial charge < -0.3 is 0 Å². The van der Waals surface area contributed by atoms with Crippen molar-refractivity contribution in [1.29, 1.82) is 0 Å². The Hall–Kier alpha value is -3.00. The topological polar surface area (TPSA) is 30.0 Å². The van der Waals surface area contributed by atoms with Crippen LogP contribution in [0.25, 0.3) is 6.08 Å². The van der Waals surface area contributed by atoms with Gasteiger partial charge in [0.1, 0.15) is 0 Å². The van der Waals surface area contributed by atoms with Gasteiger partial charge in [-0.05, 0) is 90.5 Å². The van der Waals surface area contributed by atoms with Gasteiger partial charge in [0.2, 0.25) is 0 Å². The molecule has 1 atom stereocenters. The molecule has 2 aliphatic carbocycles.